The molecule has 0 heterocycles. The number of rotatable bonds is 11. The number of hydrogen-bond acceptors (Lipinski definition) is 5. The first-order valence-electron chi connectivity index (χ1n) is 9.72. The molecular weight excluding hydrogens is 364 g/mol. The standard InChI is InChI=1S/C19H36N4O5/c1-8-11(6)15(23-16(24)12(7)20)18(26)21-13(9(2)3)17(25)22-14(10(4)5)19(27)28/h9-15H,8,20H2,1-7H3,(H,21,26)(H,22,25)(H,23,24)(H,27,28)/t11-,12-,13-,14-,15-/m0/s1. The van der Waals surface area contributed by atoms with Crippen molar-refractivity contribution in [3.63, 3.8) is 0 Å². The minimum Gasteiger partial charge on any atom is -0.480 e. The molecule has 0 aliphatic rings. The Hall–Kier alpha value is -2.16. The molecule has 9 heteroatoms. The summed E-state index contributed by atoms with van der Waals surface area (Å²) in [5.74, 6) is -3.47. The van der Waals surface area contributed by atoms with Gasteiger partial charge in [-0.25, -0.2) is 4.79 Å². The van der Waals surface area contributed by atoms with Crippen molar-refractivity contribution in [1.29, 1.82) is 0 Å². The molecule has 0 aliphatic carbocycles. The second-order valence-corrected chi connectivity index (χ2v) is 7.96. The zero-order valence-electron chi connectivity index (χ0n) is 17.9. The van der Waals surface area contributed by atoms with Crippen molar-refractivity contribution in [1.82, 2.24) is 16.0 Å². The average Bonchev–Trinajstić information content (AvgIpc) is 2.59. The monoisotopic (exact) mass is 400 g/mol. The van der Waals surface area contributed by atoms with Crippen molar-refractivity contribution < 1.29 is 24.3 Å². The zero-order valence-corrected chi connectivity index (χ0v) is 17.9. The van der Waals surface area contributed by atoms with Gasteiger partial charge in [-0.15, -0.1) is 0 Å². The quantitative estimate of drug-likeness (QED) is 0.335. The van der Waals surface area contributed by atoms with Gasteiger partial charge in [-0.1, -0.05) is 48.0 Å². The maximum Gasteiger partial charge on any atom is 0.326 e. The molecule has 0 aromatic heterocycles. The summed E-state index contributed by atoms with van der Waals surface area (Å²) in [6.45, 7) is 12.1. The minimum atomic E-state index is -1.14. The molecule has 0 radical (unpaired) electrons. The summed E-state index contributed by atoms with van der Waals surface area (Å²) in [4.78, 5) is 48.8. The average molecular weight is 401 g/mol. The van der Waals surface area contributed by atoms with Crippen LogP contribution in [0.15, 0.2) is 0 Å². The van der Waals surface area contributed by atoms with Gasteiger partial charge in [0.25, 0.3) is 0 Å². The Kier molecular flexibility index (Phi) is 10.7. The number of carboxylic acids is 1. The first-order valence-corrected chi connectivity index (χ1v) is 9.72. The molecule has 0 aromatic carbocycles. The lowest BCUT2D eigenvalue weighted by Crippen LogP contribution is -2.60. The van der Waals surface area contributed by atoms with E-state index in [0.29, 0.717) is 6.42 Å². The number of carbonyl (C=O) groups excluding carboxylic acids is 3. The maximum atomic E-state index is 12.8. The van der Waals surface area contributed by atoms with Crippen LogP contribution in [0.5, 0.6) is 0 Å². The van der Waals surface area contributed by atoms with Crippen LogP contribution in [-0.2, 0) is 19.2 Å². The SMILES string of the molecule is CC[C@H](C)[C@H](NC(=O)[C@H](C)N)C(=O)N[C@H](C(=O)N[C@H](C(=O)O)C(C)C)C(C)C. The van der Waals surface area contributed by atoms with E-state index in [4.69, 9.17) is 5.73 Å². The third kappa shape index (κ3) is 7.84. The predicted molar refractivity (Wildman–Crippen MR) is 106 cm³/mol. The molecule has 6 N–H and O–H groups in total. The lowest BCUT2D eigenvalue weighted by atomic mass is 9.96. The van der Waals surface area contributed by atoms with Crippen LogP contribution in [0, 0.1) is 17.8 Å². The lowest BCUT2D eigenvalue weighted by molar-refractivity contribution is -0.144. The maximum absolute atomic E-state index is 12.8. The smallest absolute Gasteiger partial charge is 0.326 e. The Morgan fingerprint density at radius 2 is 1.14 bits per heavy atom. The van der Waals surface area contributed by atoms with Crippen molar-refractivity contribution in [2.24, 2.45) is 23.5 Å². The Labute approximate surface area is 167 Å². The van der Waals surface area contributed by atoms with Crippen LogP contribution in [0.1, 0.15) is 54.9 Å². The van der Waals surface area contributed by atoms with Crippen LogP contribution in [-0.4, -0.2) is 53.0 Å². The van der Waals surface area contributed by atoms with Crippen molar-refractivity contribution in [3.8, 4) is 0 Å². The lowest BCUT2D eigenvalue weighted by Gasteiger charge is -2.29. The van der Waals surface area contributed by atoms with Gasteiger partial charge < -0.3 is 26.8 Å². The van der Waals surface area contributed by atoms with Gasteiger partial charge in [0.1, 0.15) is 18.1 Å². The van der Waals surface area contributed by atoms with Gasteiger partial charge in [0.2, 0.25) is 17.7 Å². The van der Waals surface area contributed by atoms with E-state index >= 15 is 0 Å². The molecule has 0 saturated carbocycles. The van der Waals surface area contributed by atoms with Gasteiger partial charge in [0.15, 0.2) is 0 Å². The summed E-state index contributed by atoms with van der Waals surface area (Å²) < 4.78 is 0. The third-order valence-corrected chi connectivity index (χ3v) is 4.68. The van der Waals surface area contributed by atoms with Crippen LogP contribution < -0.4 is 21.7 Å². The zero-order chi connectivity index (χ0) is 22.2. The van der Waals surface area contributed by atoms with Crippen LogP contribution in [0.25, 0.3) is 0 Å². The summed E-state index contributed by atoms with van der Waals surface area (Å²) in [7, 11) is 0. The number of carboxylic acid groups (broad SMARTS) is 1. The molecule has 0 unspecified atom stereocenters. The van der Waals surface area contributed by atoms with E-state index in [2.05, 4.69) is 16.0 Å². The number of nitrogens with one attached hydrogen (secondary N) is 3. The number of aliphatic carboxylic acids is 1. The first kappa shape index (κ1) is 25.8. The van der Waals surface area contributed by atoms with Gasteiger partial charge >= 0.3 is 5.97 Å². The third-order valence-electron chi connectivity index (χ3n) is 4.68. The number of nitrogens with two attached hydrogens (primary N) is 1. The first-order chi connectivity index (χ1) is 12.8. The fourth-order valence-electron chi connectivity index (χ4n) is 2.52. The van der Waals surface area contributed by atoms with Crippen molar-refractivity contribution >= 4 is 23.7 Å². The Morgan fingerprint density at radius 1 is 0.750 bits per heavy atom. The van der Waals surface area contributed by atoms with Crippen molar-refractivity contribution in [3.05, 3.63) is 0 Å². The van der Waals surface area contributed by atoms with E-state index in [1.807, 2.05) is 13.8 Å². The summed E-state index contributed by atoms with van der Waals surface area (Å²) >= 11 is 0. The van der Waals surface area contributed by atoms with Crippen LogP contribution in [0.2, 0.25) is 0 Å². The van der Waals surface area contributed by atoms with Crippen LogP contribution in [0.3, 0.4) is 0 Å². The molecule has 0 rings (SSSR count). The van der Waals surface area contributed by atoms with Gasteiger partial charge in [0, 0.05) is 0 Å². The molecule has 162 valence electrons. The predicted octanol–water partition coefficient (Wildman–Crippen LogP) is 0.231. The van der Waals surface area contributed by atoms with E-state index < -0.39 is 47.9 Å². The molecule has 9 nitrogen and oxygen atoms in total. The second kappa shape index (κ2) is 11.6. The molecule has 28 heavy (non-hydrogen) atoms. The summed E-state index contributed by atoms with van der Waals surface area (Å²) in [6, 6.07) is -3.62. The largest absolute Gasteiger partial charge is 0.480 e. The van der Waals surface area contributed by atoms with Crippen LogP contribution in [0.4, 0.5) is 0 Å². The molecule has 0 bridgehead atoms. The normalized spacial score (nSPS) is 16.6. The Balaban J connectivity index is 5.41. The molecule has 5 atom stereocenters. The van der Waals surface area contributed by atoms with E-state index in [1.54, 1.807) is 27.7 Å². The summed E-state index contributed by atoms with van der Waals surface area (Å²) in [6.07, 6.45) is 0.629. The molecule has 3 amide bonds. The van der Waals surface area contributed by atoms with Gasteiger partial charge in [-0.05, 0) is 24.7 Å². The van der Waals surface area contributed by atoms with E-state index in [9.17, 15) is 24.3 Å². The second-order valence-electron chi connectivity index (χ2n) is 7.96. The highest BCUT2D eigenvalue weighted by molar-refractivity contribution is 5.94. The number of amides is 3. The van der Waals surface area contributed by atoms with Crippen molar-refractivity contribution in [2.45, 2.75) is 79.1 Å². The molecule has 0 fully saturated rings. The molecule has 0 aliphatic heterocycles. The van der Waals surface area contributed by atoms with Gasteiger partial charge in [0.05, 0.1) is 6.04 Å². The highest BCUT2D eigenvalue weighted by atomic mass is 16.4. The van der Waals surface area contributed by atoms with E-state index in [1.165, 1.54) is 6.92 Å². The topological polar surface area (TPSA) is 151 Å². The molecule has 0 aromatic rings. The van der Waals surface area contributed by atoms with Crippen LogP contribution >= 0.6 is 0 Å². The fraction of sp³-hybridized carbons (Fsp3) is 0.789. The summed E-state index contributed by atoms with van der Waals surface area (Å²) in [5.41, 5.74) is 5.57. The van der Waals surface area contributed by atoms with Gasteiger partial charge in [-0.2, -0.15) is 0 Å². The molecule has 0 spiro atoms. The number of hydrogen-bond donors (Lipinski definition) is 5. The van der Waals surface area contributed by atoms with Crippen molar-refractivity contribution in [2.75, 3.05) is 0 Å². The Bertz CT molecular complexity index is 563. The van der Waals surface area contributed by atoms with E-state index in [-0.39, 0.29) is 17.8 Å². The Morgan fingerprint density at radius 3 is 1.50 bits per heavy atom. The summed E-state index contributed by atoms with van der Waals surface area (Å²) in [5, 5.41) is 17.0. The highest BCUT2D eigenvalue weighted by Gasteiger charge is 2.33. The van der Waals surface area contributed by atoms with Gasteiger partial charge in [-0.3, -0.25) is 14.4 Å². The fourth-order valence-corrected chi connectivity index (χ4v) is 2.52. The molecule has 0 saturated heterocycles. The number of carbonyl (C=O) groups is 4. The minimum absolute atomic E-state index is 0.180. The molecular formula is C19H36N4O5. The van der Waals surface area contributed by atoms with E-state index in [0.717, 1.165) is 0 Å². The highest BCUT2D eigenvalue weighted by Crippen LogP contribution is 2.11.